The first-order valence-corrected chi connectivity index (χ1v) is 16.0. The molecule has 1 aromatic heterocycles. The fourth-order valence-electron chi connectivity index (χ4n) is 6.52. The molecule has 50 heavy (non-hydrogen) atoms. The van der Waals surface area contributed by atoms with Gasteiger partial charge in [-0.1, -0.05) is 25.3 Å². The predicted molar refractivity (Wildman–Crippen MR) is 193 cm³/mol. The molecule has 0 radical (unpaired) electrons. The number of hydrogen-bond donors (Lipinski definition) is 6. The van der Waals surface area contributed by atoms with E-state index in [4.69, 9.17) is 20.7 Å². The zero-order valence-electron chi connectivity index (χ0n) is 28.3. The molecule has 0 saturated heterocycles. The highest BCUT2D eigenvalue weighted by Crippen LogP contribution is 2.39. The van der Waals surface area contributed by atoms with Gasteiger partial charge in [-0.3, -0.25) is 14.4 Å². The molecule has 1 aromatic rings. The third-order valence-electron chi connectivity index (χ3n) is 9.28. The molecular weight excluding hydrogens is 638 g/mol. The monoisotopic (exact) mass is 677 g/mol. The Bertz CT molecular complexity index is 2100. The molecule has 0 saturated carbocycles. The summed E-state index contributed by atoms with van der Waals surface area (Å²) in [6, 6.07) is -1.29. The second-order valence-electron chi connectivity index (χ2n) is 12.4. The quantitative estimate of drug-likeness (QED) is 0.151. The van der Waals surface area contributed by atoms with Gasteiger partial charge in [0.05, 0.1) is 52.3 Å². The maximum atomic E-state index is 11.7. The van der Waals surface area contributed by atoms with Crippen LogP contribution in [0.4, 0.5) is 0 Å². The summed E-state index contributed by atoms with van der Waals surface area (Å²) in [6.45, 7) is 15.4. The number of rotatable bonds is 11. The number of carboxylic acid groups (broad SMARTS) is 3. The fraction of sp³-hybridized carbons (Fsp3) is 0.263. The largest absolute Gasteiger partial charge is 0.510 e. The second-order valence-corrected chi connectivity index (χ2v) is 12.4. The Morgan fingerprint density at radius 3 is 2.00 bits per heavy atom. The molecule has 5 rings (SSSR count). The van der Waals surface area contributed by atoms with E-state index in [1.54, 1.807) is 24.3 Å². The highest BCUT2D eigenvalue weighted by Gasteiger charge is 2.34. The summed E-state index contributed by atoms with van der Waals surface area (Å²) in [5.41, 5.74) is 16.0. The SMILES string of the molecule is C=CC1=C(C)C2=NC1=Cc1[nH]c(c(CCC(=O)O)c1C)C=C1N=C(C=C3N=C(C(C=C)=C3C)C2=C(O)[C@@H](N)CC(=O)O)C(C)=C1CCC(=O)O. The normalized spacial score (nSPS) is 18.7. The van der Waals surface area contributed by atoms with Crippen molar-refractivity contribution in [3.63, 3.8) is 0 Å². The Balaban J connectivity index is 1.90. The van der Waals surface area contributed by atoms with Crippen LogP contribution in [0.2, 0.25) is 0 Å². The molecule has 4 aliphatic heterocycles. The third kappa shape index (κ3) is 6.57. The first-order chi connectivity index (χ1) is 23.7. The Morgan fingerprint density at radius 2 is 1.38 bits per heavy atom. The smallest absolute Gasteiger partial charge is 0.305 e. The molecule has 0 amide bonds. The molecule has 0 aromatic carbocycles. The number of hydrogen-bond acceptors (Lipinski definition) is 8. The van der Waals surface area contributed by atoms with E-state index in [0.29, 0.717) is 67.9 Å². The summed E-state index contributed by atoms with van der Waals surface area (Å²) in [5.74, 6) is -3.52. The number of allylic oxidation sites excluding steroid dienone is 9. The second kappa shape index (κ2) is 13.9. The molecule has 12 nitrogen and oxygen atoms in total. The summed E-state index contributed by atoms with van der Waals surface area (Å²) in [7, 11) is 0. The van der Waals surface area contributed by atoms with Gasteiger partial charge < -0.3 is 31.1 Å². The molecule has 7 N–H and O–H groups in total. The van der Waals surface area contributed by atoms with Crippen LogP contribution in [0.3, 0.4) is 0 Å². The highest BCUT2D eigenvalue weighted by atomic mass is 16.4. The number of aromatic amines is 1. The zero-order chi connectivity index (χ0) is 36.6. The number of H-pyrrole nitrogens is 1. The van der Waals surface area contributed by atoms with Gasteiger partial charge in [-0.2, -0.15) is 0 Å². The van der Waals surface area contributed by atoms with Gasteiger partial charge in [0, 0.05) is 35.4 Å². The molecule has 5 heterocycles. The van der Waals surface area contributed by atoms with Crippen molar-refractivity contribution in [1.29, 1.82) is 0 Å². The lowest BCUT2D eigenvalue weighted by molar-refractivity contribution is -0.138. The van der Waals surface area contributed by atoms with Gasteiger partial charge in [0.15, 0.2) is 0 Å². The summed E-state index contributed by atoms with van der Waals surface area (Å²) in [4.78, 5) is 53.2. The number of aromatic nitrogens is 1. The average Bonchev–Trinajstić information content (AvgIpc) is 3.71. The molecule has 0 spiro atoms. The first-order valence-electron chi connectivity index (χ1n) is 16.0. The van der Waals surface area contributed by atoms with Crippen LogP contribution in [0.5, 0.6) is 0 Å². The van der Waals surface area contributed by atoms with Crippen LogP contribution in [0.25, 0.3) is 12.2 Å². The summed E-state index contributed by atoms with van der Waals surface area (Å²) in [6.07, 6.45) is 8.27. The van der Waals surface area contributed by atoms with E-state index in [1.807, 2.05) is 33.8 Å². The predicted octanol–water partition coefficient (Wildman–Crippen LogP) is 6.08. The van der Waals surface area contributed by atoms with Crippen molar-refractivity contribution in [1.82, 2.24) is 4.98 Å². The summed E-state index contributed by atoms with van der Waals surface area (Å²) >= 11 is 0. The van der Waals surface area contributed by atoms with E-state index in [1.165, 1.54) is 0 Å². The van der Waals surface area contributed by atoms with Crippen molar-refractivity contribution in [2.75, 3.05) is 0 Å². The molecule has 12 heteroatoms. The van der Waals surface area contributed by atoms with Crippen molar-refractivity contribution in [2.24, 2.45) is 20.7 Å². The number of aliphatic hydroxyl groups is 1. The van der Waals surface area contributed by atoms with Crippen LogP contribution in [-0.2, 0) is 20.8 Å². The zero-order valence-corrected chi connectivity index (χ0v) is 28.3. The molecule has 0 unspecified atom stereocenters. The number of carbonyl (C=O) groups is 3. The average molecular weight is 678 g/mol. The Hall–Kier alpha value is -5.88. The molecule has 4 aliphatic rings. The Kier molecular flexibility index (Phi) is 9.87. The lowest BCUT2D eigenvalue weighted by Crippen LogP contribution is -2.30. The van der Waals surface area contributed by atoms with Crippen molar-refractivity contribution in [3.05, 3.63) is 116 Å². The highest BCUT2D eigenvalue weighted by molar-refractivity contribution is 6.38. The van der Waals surface area contributed by atoms with E-state index in [2.05, 4.69) is 18.1 Å². The minimum Gasteiger partial charge on any atom is -0.510 e. The standard InChI is InChI=1S/C38H39N5O7/c1-7-21-20(6)36-35(38(50)25(39)13-34(48)49)37-22(8-2)17(3)28(42-37)14-26-18(4)23(9-11-32(44)45)30(40-26)16-31-24(10-12-33(46)47)19(5)27(41-31)15-29(21)43-36/h7-8,14-16,25,41,50H,1-2,9-13,39H2,3-6H3,(H,44,45)(H,46,47)(H,48,49)/t25-/m0/s1. The number of nitrogens with zero attached hydrogens (tertiary/aromatic N) is 3. The Labute approximate surface area is 289 Å². The van der Waals surface area contributed by atoms with Gasteiger partial charge in [0.25, 0.3) is 0 Å². The van der Waals surface area contributed by atoms with Crippen LogP contribution < -0.4 is 5.73 Å². The number of carboxylic acids is 3. The lowest BCUT2D eigenvalue weighted by Gasteiger charge is -2.17. The number of nitrogens with one attached hydrogen (secondary N) is 1. The van der Waals surface area contributed by atoms with Gasteiger partial charge >= 0.3 is 17.9 Å². The lowest BCUT2D eigenvalue weighted by atomic mass is 9.90. The van der Waals surface area contributed by atoms with Gasteiger partial charge in [-0.15, -0.1) is 0 Å². The molecule has 0 fully saturated rings. The van der Waals surface area contributed by atoms with Gasteiger partial charge in [0.2, 0.25) is 0 Å². The van der Waals surface area contributed by atoms with Crippen LogP contribution in [0.1, 0.15) is 69.0 Å². The van der Waals surface area contributed by atoms with Crippen LogP contribution in [0.15, 0.2) is 108 Å². The van der Waals surface area contributed by atoms with E-state index < -0.39 is 36.1 Å². The third-order valence-corrected chi connectivity index (χ3v) is 9.28. The topological polar surface area (TPSA) is 211 Å². The maximum absolute atomic E-state index is 11.7. The van der Waals surface area contributed by atoms with Gasteiger partial charge in [0.1, 0.15) is 5.76 Å². The fourth-order valence-corrected chi connectivity index (χ4v) is 6.52. The van der Waals surface area contributed by atoms with Gasteiger partial charge in [-0.25, -0.2) is 15.0 Å². The molecule has 0 aliphatic carbocycles. The number of aliphatic hydroxyl groups excluding tert-OH is 1. The minimum atomic E-state index is -1.29. The van der Waals surface area contributed by atoms with E-state index in [0.717, 1.165) is 22.3 Å². The van der Waals surface area contributed by atoms with Crippen LogP contribution in [-0.4, -0.2) is 66.5 Å². The van der Waals surface area contributed by atoms with E-state index in [9.17, 15) is 34.8 Å². The first kappa shape index (κ1) is 35.4. The number of fused-ring (bicyclic) bond motifs is 5. The molecule has 8 bridgehead atoms. The van der Waals surface area contributed by atoms with E-state index >= 15 is 0 Å². The minimum absolute atomic E-state index is 0.118. The summed E-state index contributed by atoms with van der Waals surface area (Å²) < 4.78 is 0. The molecular formula is C38H39N5O7. The van der Waals surface area contributed by atoms with Crippen LogP contribution in [0, 0.1) is 6.92 Å². The van der Waals surface area contributed by atoms with Crippen molar-refractivity contribution in [2.45, 2.75) is 65.8 Å². The number of aliphatic carboxylic acids is 3. The molecule has 258 valence electrons. The number of nitrogens with two attached hydrogens (primary N) is 1. The Morgan fingerprint density at radius 1 is 0.760 bits per heavy atom. The maximum Gasteiger partial charge on any atom is 0.305 e. The van der Waals surface area contributed by atoms with Crippen molar-refractivity contribution >= 4 is 47.2 Å². The number of aliphatic imine (C=N–C) groups is 3. The van der Waals surface area contributed by atoms with Crippen LogP contribution >= 0.6 is 0 Å². The van der Waals surface area contributed by atoms with Crippen molar-refractivity contribution < 1.29 is 34.8 Å². The van der Waals surface area contributed by atoms with E-state index in [-0.39, 0.29) is 31.3 Å². The van der Waals surface area contributed by atoms with Gasteiger partial charge in [-0.05, 0) is 92.2 Å². The summed E-state index contributed by atoms with van der Waals surface area (Å²) in [5, 5.41) is 40.3. The molecule has 1 atom stereocenters. The van der Waals surface area contributed by atoms with Crippen molar-refractivity contribution in [3.8, 4) is 0 Å².